The van der Waals surface area contributed by atoms with Crippen LogP contribution < -0.4 is 0 Å². The molecule has 1 rings (SSSR count). The summed E-state index contributed by atoms with van der Waals surface area (Å²) in [5.74, 6) is 0. The molecule has 1 aromatic rings. The molecule has 0 saturated heterocycles. The van der Waals surface area contributed by atoms with E-state index in [4.69, 9.17) is 0 Å². The van der Waals surface area contributed by atoms with Crippen LogP contribution in [0.15, 0.2) is 35.4 Å². The van der Waals surface area contributed by atoms with Gasteiger partial charge in [-0.05, 0) is 12.0 Å². The number of aldehydes is 1. The van der Waals surface area contributed by atoms with Gasteiger partial charge in [-0.3, -0.25) is 0 Å². The van der Waals surface area contributed by atoms with Crippen molar-refractivity contribution in [3.05, 3.63) is 35.9 Å². The molecule has 0 unspecified atom stereocenters. The van der Waals surface area contributed by atoms with E-state index in [9.17, 15) is 4.79 Å². The number of benzene rings is 1. The number of hydrogen-bond acceptors (Lipinski definition) is 3. The first kappa shape index (κ1) is 14.6. The average molecular weight is 262 g/mol. The van der Waals surface area contributed by atoms with E-state index in [-0.39, 0.29) is 0 Å². The van der Waals surface area contributed by atoms with Gasteiger partial charge in [0.2, 0.25) is 0 Å². The number of carbonyl (C=O) groups excluding carboxylic acids is 1. The van der Waals surface area contributed by atoms with Crippen LogP contribution >= 0.6 is 0 Å². The van der Waals surface area contributed by atoms with Crippen molar-refractivity contribution in [2.75, 3.05) is 0 Å². The highest BCUT2D eigenvalue weighted by atomic mass is 28.3. The average Bonchev–Trinajstić information content (AvgIpc) is 2.33. The number of unbranched alkanes of at least 4 members (excludes halogenated alkanes) is 1. The second-order valence-electron chi connectivity index (χ2n) is 5.26. The molecule has 0 radical (unpaired) electrons. The Labute approximate surface area is 111 Å². The van der Waals surface area contributed by atoms with Gasteiger partial charge in [-0.25, -0.2) is 0 Å². The Morgan fingerprint density at radius 2 is 1.83 bits per heavy atom. The highest BCUT2D eigenvalue weighted by Gasteiger charge is 2.22. The largest absolute Gasteiger partial charge is 0.321 e. The van der Waals surface area contributed by atoms with Crippen molar-refractivity contribution in [1.29, 1.82) is 0 Å². The third-order valence-electron chi connectivity index (χ3n) is 2.58. The molecule has 0 fully saturated rings. The third kappa shape index (κ3) is 5.27. The summed E-state index contributed by atoms with van der Waals surface area (Å²) in [6.07, 6.45) is 4.06. The van der Waals surface area contributed by atoms with Crippen LogP contribution in [0.3, 0.4) is 0 Å². The first-order valence-electron chi connectivity index (χ1n) is 6.31. The Hall–Kier alpha value is -1.42. The minimum absolute atomic E-state index is 0.550. The van der Waals surface area contributed by atoms with Gasteiger partial charge >= 0.3 is 0 Å². The van der Waals surface area contributed by atoms with Crippen molar-refractivity contribution in [3.63, 3.8) is 0 Å². The predicted octanol–water partition coefficient (Wildman–Crippen LogP) is 3.29. The van der Waals surface area contributed by atoms with E-state index < -0.39 is 8.24 Å². The molecule has 0 aliphatic heterocycles. The number of nitrogens with zero attached hydrogens (tertiary/aromatic N) is 2. The van der Waals surface area contributed by atoms with Crippen LogP contribution in [0.25, 0.3) is 0 Å². The number of hydrogen-bond donors (Lipinski definition) is 0. The van der Waals surface area contributed by atoms with Crippen LogP contribution in [0.2, 0.25) is 19.6 Å². The lowest BCUT2D eigenvalue weighted by atomic mass is 10.2. The SMILES string of the molecule is C[Si](C)(C)N(Cc1ccccc1)/N=C/CCC=O. The van der Waals surface area contributed by atoms with E-state index in [0.29, 0.717) is 6.42 Å². The summed E-state index contributed by atoms with van der Waals surface area (Å²) >= 11 is 0. The minimum atomic E-state index is -1.48. The number of carbonyl (C=O) groups is 1. The topological polar surface area (TPSA) is 32.7 Å². The fourth-order valence-corrected chi connectivity index (χ4v) is 2.59. The van der Waals surface area contributed by atoms with E-state index in [0.717, 1.165) is 19.3 Å². The molecule has 0 N–H and O–H groups in total. The summed E-state index contributed by atoms with van der Waals surface area (Å²) in [5.41, 5.74) is 1.27. The Balaban J connectivity index is 2.68. The molecule has 0 saturated carbocycles. The van der Waals surface area contributed by atoms with Crippen LogP contribution in [0.4, 0.5) is 0 Å². The van der Waals surface area contributed by atoms with Crippen LogP contribution in [-0.4, -0.2) is 25.4 Å². The first-order valence-corrected chi connectivity index (χ1v) is 9.76. The highest BCUT2D eigenvalue weighted by Crippen LogP contribution is 2.14. The maximum Gasteiger partial charge on any atom is 0.169 e. The van der Waals surface area contributed by atoms with Crippen molar-refractivity contribution in [2.24, 2.45) is 5.10 Å². The van der Waals surface area contributed by atoms with Crippen molar-refractivity contribution in [2.45, 2.75) is 39.0 Å². The van der Waals surface area contributed by atoms with E-state index in [1.165, 1.54) is 5.56 Å². The molecule has 0 bridgehead atoms. The van der Waals surface area contributed by atoms with Gasteiger partial charge in [0, 0.05) is 12.6 Å². The lowest BCUT2D eigenvalue weighted by Crippen LogP contribution is -2.41. The Morgan fingerprint density at radius 3 is 2.39 bits per heavy atom. The van der Waals surface area contributed by atoms with Crippen LogP contribution in [0.5, 0.6) is 0 Å². The molecule has 0 heterocycles. The molecular weight excluding hydrogens is 240 g/mol. The zero-order valence-corrected chi connectivity index (χ0v) is 12.5. The molecular formula is C14H22N2OSi. The lowest BCUT2D eigenvalue weighted by Gasteiger charge is -2.31. The normalized spacial score (nSPS) is 11.7. The molecule has 0 aliphatic rings. The standard InChI is InChI=1S/C14H22N2OSi/c1-18(2,3)16(15-11-7-8-12-17)13-14-9-5-4-6-10-14/h4-6,9-12H,7-8,13H2,1-3H3/b15-11+. The fraction of sp³-hybridized carbons (Fsp3) is 0.429. The Morgan fingerprint density at radius 1 is 1.17 bits per heavy atom. The van der Waals surface area contributed by atoms with Crippen LogP contribution in [0, 0.1) is 0 Å². The van der Waals surface area contributed by atoms with Crippen molar-refractivity contribution in [3.8, 4) is 0 Å². The number of hydrazone groups is 1. The summed E-state index contributed by atoms with van der Waals surface area (Å²) in [5, 5.41) is 4.54. The second-order valence-corrected chi connectivity index (χ2v) is 10.1. The Bertz CT molecular complexity index is 385. The van der Waals surface area contributed by atoms with Crippen molar-refractivity contribution < 1.29 is 4.79 Å². The molecule has 18 heavy (non-hydrogen) atoms. The van der Waals surface area contributed by atoms with Crippen molar-refractivity contribution in [1.82, 2.24) is 4.67 Å². The molecule has 0 amide bonds. The molecule has 0 atom stereocenters. The molecule has 0 spiro atoms. The zero-order valence-electron chi connectivity index (χ0n) is 11.5. The summed E-state index contributed by atoms with van der Waals surface area (Å²) in [7, 11) is -1.48. The van der Waals surface area contributed by atoms with Gasteiger partial charge < -0.3 is 9.47 Å². The molecule has 3 nitrogen and oxygen atoms in total. The Kier molecular flexibility index (Phi) is 5.78. The van der Waals surface area contributed by atoms with Gasteiger partial charge in [0.1, 0.15) is 6.29 Å². The van der Waals surface area contributed by atoms with Gasteiger partial charge in [-0.2, -0.15) is 5.10 Å². The highest BCUT2D eigenvalue weighted by molar-refractivity contribution is 6.73. The number of rotatable bonds is 7. The molecule has 0 aromatic heterocycles. The summed E-state index contributed by atoms with van der Waals surface area (Å²) in [6, 6.07) is 10.4. The van der Waals surface area contributed by atoms with Gasteiger partial charge in [0.05, 0.1) is 6.54 Å². The monoisotopic (exact) mass is 262 g/mol. The van der Waals surface area contributed by atoms with Crippen LogP contribution in [0.1, 0.15) is 18.4 Å². The van der Waals surface area contributed by atoms with Gasteiger partial charge in [-0.15, -0.1) is 0 Å². The third-order valence-corrected chi connectivity index (χ3v) is 4.41. The molecule has 98 valence electrons. The predicted molar refractivity (Wildman–Crippen MR) is 79.1 cm³/mol. The quantitative estimate of drug-likeness (QED) is 0.248. The van der Waals surface area contributed by atoms with E-state index >= 15 is 0 Å². The maximum absolute atomic E-state index is 10.3. The lowest BCUT2D eigenvalue weighted by molar-refractivity contribution is -0.107. The zero-order chi connectivity index (χ0) is 13.4. The first-order chi connectivity index (χ1) is 8.54. The summed E-state index contributed by atoms with van der Waals surface area (Å²) < 4.78 is 2.19. The van der Waals surface area contributed by atoms with Gasteiger partial charge in [0.25, 0.3) is 0 Å². The molecule has 0 aliphatic carbocycles. The molecule has 1 aromatic carbocycles. The van der Waals surface area contributed by atoms with Crippen molar-refractivity contribution >= 4 is 20.7 Å². The smallest absolute Gasteiger partial charge is 0.169 e. The fourth-order valence-electron chi connectivity index (χ4n) is 1.51. The van der Waals surface area contributed by atoms with Gasteiger partial charge in [0.15, 0.2) is 8.24 Å². The van der Waals surface area contributed by atoms with Gasteiger partial charge in [-0.1, -0.05) is 50.0 Å². The van der Waals surface area contributed by atoms with E-state index in [2.05, 4.69) is 41.5 Å². The molecule has 4 heteroatoms. The minimum Gasteiger partial charge on any atom is -0.321 e. The summed E-state index contributed by atoms with van der Waals surface area (Å²) in [6.45, 7) is 7.65. The van der Waals surface area contributed by atoms with Crippen LogP contribution in [-0.2, 0) is 11.3 Å². The van der Waals surface area contributed by atoms with E-state index in [1.54, 1.807) is 0 Å². The van der Waals surface area contributed by atoms with E-state index in [1.807, 2.05) is 24.4 Å². The summed E-state index contributed by atoms with van der Waals surface area (Å²) in [4.78, 5) is 10.3. The second kappa shape index (κ2) is 7.11. The maximum atomic E-state index is 10.3.